The molecule has 1 aromatic rings. The summed E-state index contributed by atoms with van der Waals surface area (Å²) in [5.74, 6) is 0. The first-order valence-corrected chi connectivity index (χ1v) is 10.6. The lowest BCUT2D eigenvalue weighted by Gasteiger charge is -2.28. The van der Waals surface area contributed by atoms with E-state index in [0.717, 1.165) is 38.9 Å². The molecule has 0 aliphatic heterocycles. The van der Waals surface area contributed by atoms with Crippen molar-refractivity contribution in [1.29, 1.82) is 0 Å². The fraction of sp³-hybridized carbons (Fsp3) is 0.600. The quantitative estimate of drug-likeness (QED) is 0.356. The molecule has 0 aromatic heterocycles. The van der Waals surface area contributed by atoms with Crippen LogP contribution in [0.15, 0.2) is 24.3 Å². The van der Waals surface area contributed by atoms with E-state index in [9.17, 15) is 0 Å². The molecule has 1 rings (SSSR count). The zero-order valence-electron chi connectivity index (χ0n) is 12.2. The Bertz CT molecular complexity index is 361. The molecule has 0 amide bonds. The average Bonchev–Trinajstić information content (AvgIpc) is 2.40. The minimum Gasteiger partial charge on any atom is -0.391 e. The largest absolute Gasteiger partial charge is 0.391 e. The van der Waals surface area contributed by atoms with Crippen LogP contribution < -0.4 is 5.19 Å². The summed E-state index contributed by atoms with van der Waals surface area (Å²) in [6.07, 6.45) is 4.52. The summed E-state index contributed by atoms with van der Waals surface area (Å²) in [5.41, 5.74) is 0. The van der Waals surface area contributed by atoms with Crippen LogP contribution in [0.4, 0.5) is 0 Å². The maximum atomic E-state index is 6.20. The first-order valence-electron chi connectivity index (χ1n) is 7.17. The zero-order valence-corrected chi connectivity index (χ0v) is 15.4. The molecule has 0 saturated carbocycles. The first kappa shape index (κ1) is 17.1. The maximum Gasteiger partial charge on any atom is 0.370 e. The molecule has 0 radical (unpaired) electrons. The van der Waals surface area contributed by atoms with Gasteiger partial charge in [0.15, 0.2) is 0 Å². The van der Waals surface area contributed by atoms with E-state index in [2.05, 4.69) is 67.3 Å². The second-order valence-corrected chi connectivity index (χ2v) is 9.00. The van der Waals surface area contributed by atoms with Gasteiger partial charge in [-0.05, 0) is 48.0 Å². The fourth-order valence-corrected chi connectivity index (χ4v) is 6.08. The molecule has 0 aliphatic carbocycles. The highest BCUT2D eigenvalue weighted by atomic mass is 127. The molecule has 108 valence electrons. The second kappa shape index (κ2) is 9.10. The van der Waals surface area contributed by atoms with Gasteiger partial charge in [0.25, 0.3) is 0 Å². The van der Waals surface area contributed by atoms with E-state index in [1.165, 1.54) is 8.76 Å². The molecule has 19 heavy (non-hydrogen) atoms. The van der Waals surface area contributed by atoms with E-state index in [0.29, 0.717) is 0 Å². The lowest BCUT2D eigenvalue weighted by atomic mass is 10.4. The Kier molecular flexibility index (Phi) is 8.21. The summed E-state index contributed by atoms with van der Waals surface area (Å²) in [5, 5.41) is 1.27. The SMILES string of the molecule is CCCCO[Si](C)(OCCCC)c1ccccc1I. The summed E-state index contributed by atoms with van der Waals surface area (Å²) < 4.78 is 13.6. The Morgan fingerprint density at radius 2 is 1.53 bits per heavy atom. The smallest absolute Gasteiger partial charge is 0.370 e. The van der Waals surface area contributed by atoms with Crippen molar-refractivity contribution in [2.45, 2.75) is 46.1 Å². The lowest BCUT2D eigenvalue weighted by molar-refractivity contribution is 0.180. The summed E-state index contributed by atoms with van der Waals surface area (Å²) in [7, 11) is -2.25. The van der Waals surface area contributed by atoms with Gasteiger partial charge in [0.05, 0.1) is 0 Å². The lowest BCUT2D eigenvalue weighted by Crippen LogP contribution is -2.52. The first-order chi connectivity index (χ1) is 9.14. The number of hydrogen-bond donors (Lipinski definition) is 0. The number of halogens is 1. The predicted octanol–water partition coefficient (Wildman–Crippen LogP) is 4.20. The standard InChI is InChI=1S/C15H25IO2Si/c1-4-6-12-17-19(3,18-13-7-5-2)15-11-9-8-10-14(15)16/h8-11H,4-7,12-13H2,1-3H3. The molecule has 0 heterocycles. The molecular weight excluding hydrogens is 367 g/mol. The fourth-order valence-electron chi connectivity index (χ4n) is 1.85. The Morgan fingerprint density at radius 3 is 2.00 bits per heavy atom. The molecule has 0 atom stereocenters. The highest BCUT2D eigenvalue weighted by Gasteiger charge is 2.35. The average molecular weight is 392 g/mol. The minimum atomic E-state index is -2.25. The highest BCUT2D eigenvalue weighted by molar-refractivity contribution is 14.1. The van der Waals surface area contributed by atoms with Gasteiger partial charge in [-0.1, -0.05) is 44.9 Å². The van der Waals surface area contributed by atoms with Crippen LogP contribution in [-0.4, -0.2) is 21.8 Å². The third-order valence-corrected chi connectivity index (χ3v) is 7.49. The maximum absolute atomic E-state index is 6.20. The van der Waals surface area contributed by atoms with Crippen molar-refractivity contribution in [3.8, 4) is 0 Å². The van der Waals surface area contributed by atoms with Crippen molar-refractivity contribution in [1.82, 2.24) is 0 Å². The van der Waals surface area contributed by atoms with Crippen molar-refractivity contribution >= 4 is 36.3 Å². The van der Waals surface area contributed by atoms with Crippen LogP contribution in [-0.2, 0) is 8.85 Å². The molecule has 1 aromatic carbocycles. The minimum absolute atomic E-state index is 0.802. The van der Waals surface area contributed by atoms with Gasteiger partial charge < -0.3 is 8.85 Å². The summed E-state index contributed by atoms with van der Waals surface area (Å²) in [4.78, 5) is 0. The summed E-state index contributed by atoms with van der Waals surface area (Å²) >= 11 is 2.38. The van der Waals surface area contributed by atoms with Crippen molar-refractivity contribution in [3.05, 3.63) is 27.8 Å². The number of hydrogen-bond acceptors (Lipinski definition) is 2. The van der Waals surface area contributed by atoms with Gasteiger partial charge in [0, 0.05) is 22.0 Å². The molecule has 0 saturated heterocycles. The van der Waals surface area contributed by atoms with Crippen LogP contribution in [0.2, 0.25) is 6.55 Å². The molecule has 0 aliphatic rings. The Balaban J connectivity index is 2.81. The summed E-state index contributed by atoms with van der Waals surface area (Å²) in [6, 6.07) is 8.44. The van der Waals surface area contributed by atoms with E-state index in [4.69, 9.17) is 8.85 Å². The van der Waals surface area contributed by atoms with Crippen LogP contribution in [0.25, 0.3) is 0 Å². The third kappa shape index (κ3) is 5.53. The van der Waals surface area contributed by atoms with Crippen molar-refractivity contribution < 1.29 is 8.85 Å². The van der Waals surface area contributed by atoms with E-state index in [1.807, 2.05) is 0 Å². The van der Waals surface area contributed by atoms with Gasteiger partial charge in [0.2, 0.25) is 0 Å². The second-order valence-electron chi connectivity index (χ2n) is 4.83. The van der Waals surface area contributed by atoms with Gasteiger partial charge in [-0.25, -0.2) is 0 Å². The van der Waals surface area contributed by atoms with Crippen LogP contribution in [0.1, 0.15) is 39.5 Å². The molecule has 2 nitrogen and oxygen atoms in total. The van der Waals surface area contributed by atoms with Gasteiger partial charge >= 0.3 is 8.56 Å². The van der Waals surface area contributed by atoms with Gasteiger partial charge in [-0.3, -0.25) is 0 Å². The van der Waals surface area contributed by atoms with Crippen LogP contribution >= 0.6 is 22.6 Å². The van der Waals surface area contributed by atoms with Gasteiger partial charge in [-0.15, -0.1) is 0 Å². The van der Waals surface area contributed by atoms with Crippen LogP contribution in [0.3, 0.4) is 0 Å². The normalized spacial score (nSPS) is 11.8. The molecular formula is C15H25IO2Si. The number of unbranched alkanes of at least 4 members (excludes halogenated alkanes) is 2. The van der Waals surface area contributed by atoms with E-state index < -0.39 is 8.56 Å². The Hall–Kier alpha value is 0.0869. The molecule has 0 fully saturated rings. The van der Waals surface area contributed by atoms with E-state index in [-0.39, 0.29) is 0 Å². The molecule has 0 unspecified atom stereocenters. The highest BCUT2D eigenvalue weighted by Crippen LogP contribution is 2.14. The van der Waals surface area contributed by atoms with Crippen LogP contribution in [0.5, 0.6) is 0 Å². The Morgan fingerprint density at radius 1 is 1.00 bits per heavy atom. The predicted molar refractivity (Wildman–Crippen MR) is 92.1 cm³/mol. The van der Waals surface area contributed by atoms with Crippen molar-refractivity contribution in [2.24, 2.45) is 0 Å². The third-order valence-electron chi connectivity index (χ3n) is 3.11. The van der Waals surface area contributed by atoms with E-state index in [1.54, 1.807) is 0 Å². The van der Waals surface area contributed by atoms with Crippen molar-refractivity contribution in [3.63, 3.8) is 0 Å². The topological polar surface area (TPSA) is 18.5 Å². The van der Waals surface area contributed by atoms with Crippen molar-refractivity contribution in [2.75, 3.05) is 13.2 Å². The molecule has 0 spiro atoms. The van der Waals surface area contributed by atoms with Gasteiger partial charge in [-0.2, -0.15) is 0 Å². The molecule has 0 bridgehead atoms. The zero-order chi connectivity index (χ0) is 14.1. The summed E-state index contributed by atoms with van der Waals surface area (Å²) in [6.45, 7) is 8.15. The molecule has 0 N–H and O–H groups in total. The molecule has 4 heteroatoms. The van der Waals surface area contributed by atoms with Gasteiger partial charge in [0.1, 0.15) is 0 Å². The monoisotopic (exact) mass is 392 g/mol. The Labute approximate surface area is 132 Å². The van der Waals surface area contributed by atoms with E-state index >= 15 is 0 Å². The number of rotatable bonds is 9. The van der Waals surface area contributed by atoms with Crippen LogP contribution in [0, 0.1) is 3.57 Å². The number of benzene rings is 1.